The molecule has 2 aromatic rings. The molecule has 0 saturated carbocycles. The molecule has 0 saturated heterocycles. The molecule has 1 aromatic carbocycles. The minimum atomic E-state index is -4.43. The molecule has 0 aliphatic carbocycles. The third kappa shape index (κ3) is 3.63. The Morgan fingerprint density at radius 3 is 2.57 bits per heavy atom. The molecule has 0 fully saturated rings. The first-order valence-corrected chi connectivity index (χ1v) is 6.21. The first kappa shape index (κ1) is 15.1. The normalized spacial score (nSPS) is 11.6. The van der Waals surface area contributed by atoms with Gasteiger partial charge >= 0.3 is 6.18 Å². The first-order chi connectivity index (χ1) is 9.89. The number of alkyl halides is 3. The third-order valence-corrected chi connectivity index (χ3v) is 2.91. The van der Waals surface area contributed by atoms with E-state index in [0.29, 0.717) is 5.69 Å². The molecule has 0 aliphatic heterocycles. The first-order valence-electron chi connectivity index (χ1n) is 6.21. The van der Waals surface area contributed by atoms with Crippen molar-refractivity contribution in [3.8, 4) is 5.69 Å². The van der Waals surface area contributed by atoms with Crippen LogP contribution in [-0.4, -0.2) is 17.0 Å². The van der Waals surface area contributed by atoms with Crippen LogP contribution >= 0.6 is 0 Å². The molecule has 112 valence electrons. The van der Waals surface area contributed by atoms with Crippen LogP contribution in [0.4, 0.5) is 13.2 Å². The number of amides is 1. The molecule has 0 radical (unpaired) electrons. The van der Waals surface area contributed by atoms with E-state index < -0.39 is 17.6 Å². The highest BCUT2D eigenvalue weighted by molar-refractivity contribution is 5.75. The van der Waals surface area contributed by atoms with Crippen molar-refractivity contribution < 1.29 is 18.0 Å². The lowest BCUT2D eigenvalue weighted by atomic mass is 10.1. The predicted octanol–water partition coefficient (Wildman–Crippen LogP) is 2.07. The van der Waals surface area contributed by atoms with Crippen LogP contribution < -0.4 is 11.1 Å². The van der Waals surface area contributed by atoms with Crippen LogP contribution in [0.5, 0.6) is 0 Å². The van der Waals surface area contributed by atoms with Crippen LogP contribution in [0.3, 0.4) is 0 Å². The Balaban J connectivity index is 2.32. The van der Waals surface area contributed by atoms with E-state index >= 15 is 0 Å². The highest BCUT2D eigenvalue weighted by Crippen LogP contribution is 2.34. The number of nitrogens with one attached hydrogen (secondary N) is 1. The minimum Gasteiger partial charge on any atom is -0.369 e. The molecule has 1 heterocycles. The predicted molar refractivity (Wildman–Crippen MR) is 71.7 cm³/mol. The van der Waals surface area contributed by atoms with E-state index in [2.05, 4.69) is 5.32 Å². The summed E-state index contributed by atoms with van der Waals surface area (Å²) in [4.78, 5) is 10.7. The summed E-state index contributed by atoms with van der Waals surface area (Å²) >= 11 is 0. The summed E-state index contributed by atoms with van der Waals surface area (Å²) in [6, 6.07) is 8.66. The van der Waals surface area contributed by atoms with Crippen molar-refractivity contribution in [3.63, 3.8) is 0 Å². The molecule has 0 aliphatic rings. The fourth-order valence-electron chi connectivity index (χ4n) is 2.03. The van der Waals surface area contributed by atoms with Gasteiger partial charge in [0.25, 0.3) is 0 Å². The lowest BCUT2D eigenvalue weighted by molar-refractivity contribution is -0.137. The molecular formula is C14H14F3N3O. The van der Waals surface area contributed by atoms with Gasteiger partial charge in [0.2, 0.25) is 5.91 Å². The van der Waals surface area contributed by atoms with Crippen molar-refractivity contribution in [2.45, 2.75) is 12.7 Å². The van der Waals surface area contributed by atoms with Gasteiger partial charge in [-0.3, -0.25) is 4.79 Å². The van der Waals surface area contributed by atoms with E-state index in [9.17, 15) is 18.0 Å². The maximum absolute atomic E-state index is 13.0. The molecule has 4 nitrogen and oxygen atoms in total. The van der Waals surface area contributed by atoms with Gasteiger partial charge in [-0.15, -0.1) is 0 Å². The van der Waals surface area contributed by atoms with Crippen LogP contribution in [0, 0.1) is 0 Å². The highest BCUT2D eigenvalue weighted by atomic mass is 19.4. The van der Waals surface area contributed by atoms with Crippen LogP contribution in [0.2, 0.25) is 0 Å². The van der Waals surface area contributed by atoms with Gasteiger partial charge in [-0.25, -0.2) is 0 Å². The summed E-state index contributed by atoms with van der Waals surface area (Å²) < 4.78 is 40.6. The Bertz CT molecular complexity index is 634. The fraction of sp³-hybridized carbons (Fsp3) is 0.214. The number of nitrogens with zero attached hydrogens (tertiary/aromatic N) is 1. The second-order valence-electron chi connectivity index (χ2n) is 4.45. The number of carbonyl (C=O) groups excluding carboxylic acids is 1. The summed E-state index contributed by atoms with van der Waals surface area (Å²) in [5.41, 5.74) is 4.95. The summed E-state index contributed by atoms with van der Waals surface area (Å²) in [6.45, 7) is 0.203. The number of carbonyl (C=O) groups is 1. The van der Waals surface area contributed by atoms with Gasteiger partial charge in [0, 0.05) is 18.4 Å². The minimum absolute atomic E-state index is 0.0356. The second kappa shape index (κ2) is 6.01. The summed E-state index contributed by atoms with van der Waals surface area (Å²) in [7, 11) is 0. The van der Waals surface area contributed by atoms with Crippen molar-refractivity contribution in [1.29, 1.82) is 0 Å². The second-order valence-corrected chi connectivity index (χ2v) is 4.45. The summed E-state index contributed by atoms with van der Waals surface area (Å²) in [5.74, 6) is -0.524. The number of para-hydroxylation sites is 1. The quantitative estimate of drug-likeness (QED) is 0.887. The molecular weight excluding hydrogens is 283 g/mol. The summed E-state index contributed by atoms with van der Waals surface area (Å²) in [5, 5.41) is 2.78. The van der Waals surface area contributed by atoms with Crippen LogP contribution in [-0.2, 0) is 17.5 Å². The fourth-order valence-corrected chi connectivity index (χ4v) is 2.03. The van der Waals surface area contributed by atoms with Crippen molar-refractivity contribution in [3.05, 3.63) is 53.9 Å². The lowest BCUT2D eigenvalue weighted by Gasteiger charge is -2.16. The van der Waals surface area contributed by atoms with Crippen LogP contribution in [0.25, 0.3) is 5.69 Å². The zero-order valence-corrected chi connectivity index (χ0v) is 11.0. The highest BCUT2D eigenvalue weighted by Gasteiger charge is 2.33. The Labute approximate surface area is 119 Å². The largest absolute Gasteiger partial charge is 0.418 e. The average molecular weight is 297 g/mol. The van der Waals surface area contributed by atoms with Crippen LogP contribution in [0.15, 0.2) is 42.6 Å². The number of hydrogen-bond acceptors (Lipinski definition) is 2. The van der Waals surface area contributed by atoms with E-state index in [0.717, 1.165) is 6.07 Å². The smallest absolute Gasteiger partial charge is 0.369 e. The van der Waals surface area contributed by atoms with Crippen molar-refractivity contribution in [2.24, 2.45) is 5.73 Å². The molecule has 1 aromatic heterocycles. The van der Waals surface area contributed by atoms with Gasteiger partial charge in [-0.2, -0.15) is 13.2 Å². The van der Waals surface area contributed by atoms with Gasteiger partial charge in [-0.05, 0) is 24.3 Å². The number of primary amides is 1. The van der Waals surface area contributed by atoms with E-state index in [4.69, 9.17) is 5.73 Å². The van der Waals surface area contributed by atoms with Gasteiger partial charge in [0.15, 0.2) is 0 Å². The molecule has 0 unspecified atom stereocenters. The van der Waals surface area contributed by atoms with Gasteiger partial charge in [0.1, 0.15) is 0 Å². The monoisotopic (exact) mass is 297 g/mol. The number of hydrogen-bond donors (Lipinski definition) is 2. The van der Waals surface area contributed by atoms with Crippen LogP contribution in [0.1, 0.15) is 11.3 Å². The van der Waals surface area contributed by atoms with Crippen molar-refractivity contribution in [1.82, 2.24) is 9.88 Å². The molecule has 0 bridgehead atoms. The molecule has 7 heteroatoms. The van der Waals surface area contributed by atoms with E-state index in [1.807, 2.05) is 0 Å². The SMILES string of the molecule is NC(=O)CNCc1cccn1-c1ccccc1C(F)(F)F. The molecule has 0 atom stereocenters. The molecule has 0 spiro atoms. The molecule has 2 rings (SSSR count). The number of halogens is 3. The van der Waals surface area contributed by atoms with Gasteiger partial charge in [-0.1, -0.05) is 12.1 Å². The molecule has 1 amide bonds. The average Bonchev–Trinajstić information content (AvgIpc) is 2.85. The zero-order valence-electron chi connectivity index (χ0n) is 11.0. The Hall–Kier alpha value is -2.28. The Morgan fingerprint density at radius 1 is 1.19 bits per heavy atom. The Kier molecular flexibility index (Phi) is 4.32. The number of aromatic nitrogens is 1. The maximum atomic E-state index is 13.0. The standard InChI is InChI=1S/C14H14F3N3O/c15-14(16,17)11-5-1-2-6-12(11)20-7-3-4-10(20)8-19-9-13(18)21/h1-7,19H,8-9H2,(H2,18,21). The topological polar surface area (TPSA) is 60.1 Å². The van der Waals surface area contributed by atoms with Gasteiger partial charge < -0.3 is 15.6 Å². The lowest BCUT2D eigenvalue weighted by Crippen LogP contribution is -2.28. The number of nitrogens with two attached hydrogens (primary N) is 1. The van der Waals surface area contributed by atoms with Crippen molar-refractivity contribution >= 4 is 5.91 Å². The third-order valence-electron chi connectivity index (χ3n) is 2.91. The molecule has 3 N–H and O–H groups in total. The number of benzene rings is 1. The summed E-state index contributed by atoms with van der Waals surface area (Å²) in [6.07, 6.45) is -2.88. The zero-order chi connectivity index (χ0) is 15.5. The maximum Gasteiger partial charge on any atom is 0.418 e. The van der Waals surface area contributed by atoms with E-state index in [-0.39, 0.29) is 18.8 Å². The van der Waals surface area contributed by atoms with Gasteiger partial charge in [0.05, 0.1) is 17.8 Å². The number of rotatable bonds is 5. The van der Waals surface area contributed by atoms with E-state index in [1.165, 1.54) is 16.7 Å². The van der Waals surface area contributed by atoms with Crippen molar-refractivity contribution in [2.75, 3.05) is 6.54 Å². The Morgan fingerprint density at radius 2 is 1.90 bits per heavy atom. The van der Waals surface area contributed by atoms with E-state index in [1.54, 1.807) is 24.4 Å². The molecule has 21 heavy (non-hydrogen) atoms.